The molecule has 2 N–H and O–H groups in total. The number of amides is 1. The van der Waals surface area contributed by atoms with Crippen molar-refractivity contribution in [1.82, 2.24) is 9.97 Å². The standard InChI is InChI=1S/C26H18N4O6/c27-13-16-11-18-21(36-26(32)33)9-10-34-23(18)12-22(16)35-17-7-5-15(6-8-17)25(31)30-24-14-28-19-3-1-2-4-20(19)29-24/h1-8,11-12,14,21H,9-10H2,(H,32,33)(H,29,30,31). The van der Waals surface area contributed by atoms with Gasteiger partial charge in [-0.3, -0.25) is 9.78 Å². The Labute approximate surface area is 204 Å². The van der Waals surface area contributed by atoms with Crippen molar-refractivity contribution in [3.8, 4) is 23.3 Å². The smallest absolute Gasteiger partial charge is 0.493 e. The first-order valence-corrected chi connectivity index (χ1v) is 10.9. The van der Waals surface area contributed by atoms with Gasteiger partial charge in [-0.15, -0.1) is 0 Å². The van der Waals surface area contributed by atoms with Crippen LogP contribution in [0.5, 0.6) is 17.2 Å². The number of anilines is 1. The predicted molar refractivity (Wildman–Crippen MR) is 127 cm³/mol. The Hall–Kier alpha value is -5.17. The number of para-hydroxylation sites is 2. The number of ether oxygens (including phenoxy) is 3. The number of nitrogens with one attached hydrogen (secondary N) is 1. The number of hydrogen-bond donors (Lipinski definition) is 2. The van der Waals surface area contributed by atoms with Crippen molar-refractivity contribution in [2.45, 2.75) is 12.5 Å². The van der Waals surface area contributed by atoms with Crippen LogP contribution in [0.4, 0.5) is 10.6 Å². The SMILES string of the molecule is N#Cc1cc2c(cc1Oc1ccc(C(=O)Nc3cnc4ccccc4n3)cc1)OCCC2OC(=O)O. The Morgan fingerprint density at radius 1 is 1.11 bits per heavy atom. The van der Waals surface area contributed by atoms with E-state index in [4.69, 9.17) is 19.3 Å². The molecule has 0 spiro atoms. The third-order valence-electron chi connectivity index (χ3n) is 5.49. The van der Waals surface area contributed by atoms with Crippen molar-refractivity contribution in [1.29, 1.82) is 5.26 Å². The molecule has 36 heavy (non-hydrogen) atoms. The first-order chi connectivity index (χ1) is 17.5. The average Bonchev–Trinajstić information content (AvgIpc) is 2.88. The number of nitriles is 1. The van der Waals surface area contributed by atoms with Crippen LogP contribution in [-0.4, -0.2) is 33.7 Å². The minimum atomic E-state index is -1.40. The molecule has 4 aromatic rings. The fourth-order valence-electron chi connectivity index (χ4n) is 3.81. The molecule has 0 saturated heterocycles. The quantitative estimate of drug-likeness (QED) is 0.373. The van der Waals surface area contributed by atoms with E-state index in [1.807, 2.05) is 30.3 Å². The lowest BCUT2D eigenvalue weighted by molar-refractivity contribution is 0.0326. The van der Waals surface area contributed by atoms with E-state index < -0.39 is 12.3 Å². The molecule has 10 heteroatoms. The average molecular weight is 482 g/mol. The largest absolute Gasteiger partial charge is 0.506 e. The summed E-state index contributed by atoms with van der Waals surface area (Å²) in [5, 5.41) is 21.3. The van der Waals surface area contributed by atoms with E-state index in [0.717, 1.165) is 5.52 Å². The van der Waals surface area contributed by atoms with Crippen molar-refractivity contribution in [2.75, 3.05) is 11.9 Å². The van der Waals surface area contributed by atoms with Gasteiger partial charge in [0.25, 0.3) is 5.91 Å². The lowest BCUT2D eigenvalue weighted by Gasteiger charge is -2.25. The topological polar surface area (TPSA) is 144 Å². The van der Waals surface area contributed by atoms with Crippen LogP contribution in [0.1, 0.15) is 34.0 Å². The number of hydrogen-bond acceptors (Lipinski definition) is 8. The molecule has 1 unspecified atom stereocenters. The highest BCUT2D eigenvalue weighted by atomic mass is 16.7. The number of rotatable bonds is 5. The van der Waals surface area contributed by atoms with Crippen LogP contribution in [-0.2, 0) is 4.74 Å². The maximum absolute atomic E-state index is 12.7. The fraction of sp³-hybridized carbons (Fsp3) is 0.115. The minimum absolute atomic E-state index is 0.190. The van der Waals surface area contributed by atoms with E-state index in [-0.39, 0.29) is 23.8 Å². The highest BCUT2D eigenvalue weighted by molar-refractivity contribution is 6.04. The number of fused-ring (bicyclic) bond motifs is 2. The van der Waals surface area contributed by atoms with Crippen molar-refractivity contribution >= 4 is 28.9 Å². The lowest BCUT2D eigenvalue weighted by Crippen LogP contribution is -2.19. The number of aromatic nitrogens is 2. The third-order valence-corrected chi connectivity index (χ3v) is 5.49. The summed E-state index contributed by atoms with van der Waals surface area (Å²) in [6.07, 6.45) is -0.287. The molecule has 1 aliphatic rings. The Morgan fingerprint density at radius 2 is 1.89 bits per heavy atom. The molecule has 1 aromatic heterocycles. The maximum Gasteiger partial charge on any atom is 0.506 e. The molecule has 10 nitrogen and oxygen atoms in total. The molecular weight excluding hydrogens is 464 g/mol. The fourth-order valence-corrected chi connectivity index (χ4v) is 3.81. The molecule has 2 heterocycles. The first-order valence-electron chi connectivity index (χ1n) is 10.9. The van der Waals surface area contributed by atoms with Gasteiger partial charge in [-0.05, 0) is 42.5 Å². The molecular formula is C26H18N4O6. The third kappa shape index (κ3) is 4.71. The van der Waals surface area contributed by atoms with Crippen LogP contribution in [0.15, 0.2) is 66.9 Å². The maximum atomic E-state index is 12.7. The molecule has 0 aliphatic carbocycles. The minimum Gasteiger partial charge on any atom is -0.493 e. The molecule has 0 bridgehead atoms. The summed E-state index contributed by atoms with van der Waals surface area (Å²) in [6, 6.07) is 18.8. The van der Waals surface area contributed by atoms with Gasteiger partial charge in [0.05, 0.1) is 29.4 Å². The Bertz CT molecular complexity index is 1510. The zero-order valence-corrected chi connectivity index (χ0v) is 18.7. The van der Waals surface area contributed by atoms with Gasteiger partial charge in [0.1, 0.15) is 29.4 Å². The Kier molecular flexibility index (Phi) is 6.03. The van der Waals surface area contributed by atoms with E-state index >= 15 is 0 Å². The van der Waals surface area contributed by atoms with E-state index in [2.05, 4.69) is 15.3 Å². The van der Waals surface area contributed by atoms with Crippen LogP contribution in [0.2, 0.25) is 0 Å². The molecule has 3 aromatic carbocycles. The van der Waals surface area contributed by atoms with Gasteiger partial charge in [0.15, 0.2) is 5.82 Å². The molecule has 1 aliphatic heterocycles. The van der Waals surface area contributed by atoms with Gasteiger partial charge in [0, 0.05) is 23.6 Å². The van der Waals surface area contributed by atoms with Crippen LogP contribution in [0.25, 0.3) is 11.0 Å². The van der Waals surface area contributed by atoms with Gasteiger partial charge in [-0.2, -0.15) is 5.26 Å². The van der Waals surface area contributed by atoms with Crippen LogP contribution in [0, 0.1) is 11.3 Å². The summed E-state index contributed by atoms with van der Waals surface area (Å²) in [5.41, 5.74) is 2.43. The normalized spacial score (nSPS) is 14.1. The zero-order chi connectivity index (χ0) is 25.1. The number of carbonyl (C=O) groups is 2. The van der Waals surface area contributed by atoms with Crippen LogP contribution in [0.3, 0.4) is 0 Å². The van der Waals surface area contributed by atoms with Gasteiger partial charge in [0.2, 0.25) is 0 Å². The molecule has 5 rings (SSSR count). The number of nitrogens with zero attached hydrogens (tertiary/aromatic N) is 3. The Morgan fingerprint density at radius 3 is 2.64 bits per heavy atom. The van der Waals surface area contributed by atoms with Gasteiger partial charge < -0.3 is 24.6 Å². The van der Waals surface area contributed by atoms with Crippen molar-refractivity contribution in [3.63, 3.8) is 0 Å². The Balaban J connectivity index is 1.32. The summed E-state index contributed by atoms with van der Waals surface area (Å²) in [7, 11) is 0. The first kappa shape index (κ1) is 22.6. The summed E-state index contributed by atoms with van der Waals surface area (Å²) in [6.45, 7) is 0.266. The van der Waals surface area contributed by atoms with Crippen molar-refractivity contribution in [3.05, 3.63) is 83.6 Å². The van der Waals surface area contributed by atoms with E-state index in [1.54, 1.807) is 24.3 Å². The molecule has 0 fully saturated rings. The second kappa shape index (κ2) is 9.60. The molecule has 1 atom stereocenters. The van der Waals surface area contributed by atoms with Crippen molar-refractivity contribution < 1.29 is 28.9 Å². The van der Waals surface area contributed by atoms with E-state index in [9.17, 15) is 14.9 Å². The second-order valence-electron chi connectivity index (χ2n) is 7.83. The van der Waals surface area contributed by atoms with Crippen molar-refractivity contribution in [2.24, 2.45) is 0 Å². The van der Waals surface area contributed by atoms with Crippen LogP contribution >= 0.6 is 0 Å². The lowest BCUT2D eigenvalue weighted by atomic mass is 10.00. The zero-order valence-electron chi connectivity index (χ0n) is 18.7. The number of benzene rings is 3. The predicted octanol–water partition coefficient (Wildman–Crippen LogP) is 5.06. The summed E-state index contributed by atoms with van der Waals surface area (Å²) in [5.74, 6) is 0.972. The van der Waals surface area contributed by atoms with Gasteiger partial charge in [-0.1, -0.05) is 12.1 Å². The highest BCUT2D eigenvalue weighted by Crippen LogP contribution is 2.40. The number of carbonyl (C=O) groups excluding carboxylic acids is 1. The van der Waals surface area contributed by atoms with E-state index in [1.165, 1.54) is 18.3 Å². The van der Waals surface area contributed by atoms with Crippen LogP contribution < -0.4 is 14.8 Å². The summed E-state index contributed by atoms with van der Waals surface area (Å²) in [4.78, 5) is 32.3. The summed E-state index contributed by atoms with van der Waals surface area (Å²) < 4.78 is 16.4. The second-order valence-corrected chi connectivity index (χ2v) is 7.83. The number of carboxylic acid groups (broad SMARTS) is 1. The summed E-state index contributed by atoms with van der Waals surface area (Å²) >= 11 is 0. The highest BCUT2D eigenvalue weighted by Gasteiger charge is 2.27. The monoisotopic (exact) mass is 482 g/mol. The van der Waals surface area contributed by atoms with Gasteiger partial charge >= 0.3 is 6.16 Å². The molecule has 0 saturated carbocycles. The molecule has 178 valence electrons. The molecule has 0 radical (unpaired) electrons. The molecule has 1 amide bonds. The van der Waals surface area contributed by atoms with Gasteiger partial charge in [-0.25, -0.2) is 9.78 Å². The van der Waals surface area contributed by atoms with E-state index in [0.29, 0.717) is 40.4 Å².